The van der Waals surface area contributed by atoms with Crippen LogP contribution >= 0.6 is 11.6 Å². The Bertz CT molecular complexity index is 416. The van der Waals surface area contributed by atoms with Gasteiger partial charge in [0.15, 0.2) is 5.78 Å². The van der Waals surface area contributed by atoms with Crippen molar-refractivity contribution >= 4 is 17.4 Å². The molecule has 2 nitrogen and oxygen atoms in total. The highest BCUT2D eigenvalue weighted by Crippen LogP contribution is 2.21. The summed E-state index contributed by atoms with van der Waals surface area (Å²) in [4.78, 5) is 12.1. The van der Waals surface area contributed by atoms with E-state index in [1.165, 1.54) is 18.2 Å². The fourth-order valence-corrected chi connectivity index (χ4v) is 1.89. The molecule has 2 N–H and O–H groups in total. The number of carbonyl (C=O) groups is 1. The van der Waals surface area contributed by atoms with Crippen molar-refractivity contribution in [2.24, 2.45) is 5.73 Å². The summed E-state index contributed by atoms with van der Waals surface area (Å²) in [5.41, 5.74) is 5.81. The molecule has 0 fully saturated rings. The summed E-state index contributed by atoms with van der Waals surface area (Å²) in [6, 6.07) is 4.03. The molecule has 4 heteroatoms. The molecule has 0 atom stereocenters. The highest BCUT2D eigenvalue weighted by molar-refractivity contribution is 6.31. The number of carbonyl (C=O) groups excluding carboxylic acids is 1. The van der Waals surface area contributed by atoms with E-state index >= 15 is 0 Å². The van der Waals surface area contributed by atoms with Gasteiger partial charge < -0.3 is 5.73 Å². The first-order chi connectivity index (χ1) is 7.92. The van der Waals surface area contributed by atoms with Gasteiger partial charge in [-0.25, -0.2) is 4.39 Å². The van der Waals surface area contributed by atoms with E-state index in [4.69, 9.17) is 17.3 Å². The summed E-state index contributed by atoms with van der Waals surface area (Å²) in [5, 5.41) is 0.271. The zero-order valence-corrected chi connectivity index (χ0v) is 10.9. The van der Waals surface area contributed by atoms with Crippen LogP contribution in [-0.4, -0.2) is 11.3 Å². The molecule has 0 radical (unpaired) electrons. The molecule has 0 heterocycles. The van der Waals surface area contributed by atoms with Gasteiger partial charge in [-0.15, -0.1) is 0 Å². The van der Waals surface area contributed by atoms with Crippen LogP contribution in [0.2, 0.25) is 5.02 Å². The molecule has 0 saturated heterocycles. The Morgan fingerprint density at radius 1 is 1.41 bits per heavy atom. The molecule has 0 amide bonds. The fourth-order valence-electron chi connectivity index (χ4n) is 1.66. The molecular formula is C13H17ClFNO. The minimum Gasteiger partial charge on any atom is -0.319 e. The van der Waals surface area contributed by atoms with Crippen molar-refractivity contribution in [3.8, 4) is 0 Å². The van der Waals surface area contributed by atoms with Crippen LogP contribution in [0.1, 0.15) is 32.3 Å². The van der Waals surface area contributed by atoms with E-state index in [1.54, 1.807) is 0 Å². The lowest BCUT2D eigenvalue weighted by Gasteiger charge is -2.25. The molecular weight excluding hydrogens is 241 g/mol. The van der Waals surface area contributed by atoms with Crippen LogP contribution in [0.15, 0.2) is 18.2 Å². The van der Waals surface area contributed by atoms with Crippen LogP contribution in [0.25, 0.3) is 0 Å². The van der Waals surface area contributed by atoms with E-state index in [2.05, 4.69) is 0 Å². The molecule has 0 aliphatic rings. The average molecular weight is 258 g/mol. The summed E-state index contributed by atoms with van der Waals surface area (Å²) in [5.74, 6) is -0.466. The molecule has 94 valence electrons. The number of Topliss-reactive ketones (excluding diaryl/α,β-unsaturated/α-hetero) is 1. The lowest BCUT2D eigenvalue weighted by atomic mass is 9.86. The van der Waals surface area contributed by atoms with Crippen LogP contribution in [0, 0.1) is 5.82 Å². The summed E-state index contributed by atoms with van der Waals surface area (Å²) >= 11 is 5.88. The third kappa shape index (κ3) is 3.27. The largest absolute Gasteiger partial charge is 0.319 e. The van der Waals surface area contributed by atoms with Gasteiger partial charge in [-0.1, -0.05) is 31.5 Å². The molecule has 1 aromatic rings. The molecule has 1 rings (SSSR count). The number of halogens is 2. The molecule has 0 aromatic heterocycles. The van der Waals surface area contributed by atoms with Crippen LogP contribution < -0.4 is 5.73 Å². The fraction of sp³-hybridized carbons (Fsp3) is 0.462. The Morgan fingerprint density at radius 3 is 2.47 bits per heavy atom. The predicted octanol–water partition coefficient (Wildman–Crippen LogP) is 3.11. The van der Waals surface area contributed by atoms with Crippen LogP contribution in [-0.2, 0) is 11.2 Å². The monoisotopic (exact) mass is 257 g/mol. The first-order valence-electron chi connectivity index (χ1n) is 5.69. The normalized spacial score (nSPS) is 11.6. The van der Waals surface area contributed by atoms with Gasteiger partial charge in [0.1, 0.15) is 5.82 Å². The molecule has 17 heavy (non-hydrogen) atoms. The average Bonchev–Trinajstić information content (AvgIpc) is 2.31. The lowest BCUT2D eigenvalue weighted by Crippen LogP contribution is -2.47. The number of hydrogen-bond donors (Lipinski definition) is 1. The molecule has 0 saturated carbocycles. The van der Waals surface area contributed by atoms with Crippen molar-refractivity contribution < 1.29 is 9.18 Å². The van der Waals surface area contributed by atoms with E-state index in [-0.39, 0.29) is 17.2 Å². The second-order valence-corrected chi connectivity index (χ2v) is 4.61. The zero-order chi connectivity index (χ0) is 13.1. The van der Waals surface area contributed by atoms with Crippen LogP contribution in [0.5, 0.6) is 0 Å². The maximum atomic E-state index is 12.9. The van der Waals surface area contributed by atoms with Gasteiger partial charge in [-0.05, 0) is 30.5 Å². The second-order valence-electron chi connectivity index (χ2n) is 4.20. The van der Waals surface area contributed by atoms with Gasteiger partial charge in [0.25, 0.3) is 0 Å². The number of rotatable bonds is 5. The quantitative estimate of drug-likeness (QED) is 0.881. The second kappa shape index (κ2) is 5.61. The van der Waals surface area contributed by atoms with E-state index in [0.29, 0.717) is 18.4 Å². The molecule has 0 aliphatic heterocycles. The molecule has 0 bridgehead atoms. The van der Waals surface area contributed by atoms with Crippen LogP contribution in [0.4, 0.5) is 4.39 Å². The SMILES string of the molecule is CCC(N)(CC)C(=O)Cc1ccc(F)cc1Cl. The van der Waals surface area contributed by atoms with Crippen molar-refractivity contribution in [1.82, 2.24) is 0 Å². The minimum atomic E-state index is -0.808. The zero-order valence-electron chi connectivity index (χ0n) is 10.1. The van der Waals surface area contributed by atoms with Gasteiger partial charge in [-0.2, -0.15) is 0 Å². The summed E-state index contributed by atoms with van der Waals surface area (Å²) in [6.07, 6.45) is 1.32. The summed E-state index contributed by atoms with van der Waals surface area (Å²) in [7, 11) is 0. The maximum Gasteiger partial charge on any atom is 0.157 e. The van der Waals surface area contributed by atoms with Gasteiger partial charge in [0, 0.05) is 11.4 Å². The third-order valence-electron chi connectivity index (χ3n) is 3.18. The van der Waals surface area contributed by atoms with E-state index in [9.17, 15) is 9.18 Å². The maximum absolute atomic E-state index is 12.9. The minimum absolute atomic E-state index is 0.0593. The third-order valence-corrected chi connectivity index (χ3v) is 3.54. The number of benzene rings is 1. The molecule has 1 aromatic carbocycles. The van der Waals surface area contributed by atoms with E-state index in [1.807, 2.05) is 13.8 Å². The van der Waals surface area contributed by atoms with Gasteiger partial charge in [0.2, 0.25) is 0 Å². The van der Waals surface area contributed by atoms with Crippen molar-refractivity contribution in [2.75, 3.05) is 0 Å². The first kappa shape index (κ1) is 14.1. The molecule has 0 spiro atoms. The topological polar surface area (TPSA) is 43.1 Å². The van der Waals surface area contributed by atoms with E-state index < -0.39 is 11.4 Å². The van der Waals surface area contributed by atoms with Crippen molar-refractivity contribution in [3.05, 3.63) is 34.6 Å². The highest BCUT2D eigenvalue weighted by atomic mass is 35.5. The molecule has 0 unspecified atom stereocenters. The predicted molar refractivity (Wildman–Crippen MR) is 67.6 cm³/mol. The summed E-state index contributed by atoms with van der Waals surface area (Å²) in [6.45, 7) is 3.77. The summed E-state index contributed by atoms with van der Waals surface area (Å²) < 4.78 is 12.9. The van der Waals surface area contributed by atoms with Gasteiger partial charge >= 0.3 is 0 Å². The number of ketones is 1. The Balaban J connectivity index is 2.88. The Morgan fingerprint density at radius 2 is 2.00 bits per heavy atom. The van der Waals surface area contributed by atoms with Crippen molar-refractivity contribution in [3.63, 3.8) is 0 Å². The highest BCUT2D eigenvalue weighted by Gasteiger charge is 2.29. The van der Waals surface area contributed by atoms with Gasteiger partial charge in [-0.3, -0.25) is 4.79 Å². The van der Waals surface area contributed by atoms with Crippen LogP contribution in [0.3, 0.4) is 0 Å². The molecule has 0 aliphatic carbocycles. The standard InChI is InChI=1S/C13H17ClFNO/c1-3-13(16,4-2)12(17)7-9-5-6-10(15)8-11(9)14/h5-6,8H,3-4,7,16H2,1-2H3. The van der Waals surface area contributed by atoms with Gasteiger partial charge in [0.05, 0.1) is 5.54 Å². The van der Waals surface area contributed by atoms with Crippen molar-refractivity contribution in [2.45, 2.75) is 38.6 Å². The first-order valence-corrected chi connectivity index (χ1v) is 6.07. The Hall–Kier alpha value is -0.930. The van der Waals surface area contributed by atoms with Crippen molar-refractivity contribution in [1.29, 1.82) is 0 Å². The Kier molecular flexibility index (Phi) is 4.66. The lowest BCUT2D eigenvalue weighted by molar-refractivity contribution is -0.123. The number of nitrogens with two attached hydrogens (primary N) is 1. The number of hydrogen-bond acceptors (Lipinski definition) is 2. The van der Waals surface area contributed by atoms with E-state index in [0.717, 1.165) is 0 Å². The smallest absolute Gasteiger partial charge is 0.157 e. The Labute approximate surface area is 106 Å².